The number of pyridine rings is 1. The number of aromatic nitrogens is 1. The number of fused-ring (bicyclic) bond motifs is 1. The Labute approximate surface area is 136 Å². The molecule has 22 heavy (non-hydrogen) atoms. The maximum Gasteiger partial charge on any atom is 0.139 e. The van der Waals surface area contributed by atoms with Crippen LogP contribution in [0.5, 0.6) is 0 Å². The number of hydrogen-bond acceptors (Lipinski definition) is 5. The van der Waals surface area contributed by atoms with Crippen LogP contribution < -0.4 is 4.90 Å². The van der Waals surface area contributed by atoms with Gasteiger partial charge in [0.15, 0.2) is 0 Å². The SMILES string of the molecule is CO/C=C1\CCN(C(COC)COC)c2cc(C)nc(Cl)c21. The maximum atomic E-state index is 6.41. The van der Waals surface area contributed by atoms with Crippen molar-refractivity contribution in [2.45, 2.75) is 19.4 Å². The summed E-state index contributed by atoms with van der Waals surface area (Å²) in [5.74, 6) is 0. The third kappa shape index (κ3) is 3.54. The van der Waals surface area contributed by atoms with E-state index in [1.54, 1.807) is 27.6 Å². The number of aryl methyl sites for hydroxylation is 1. The Kier molecular flexibility index (Phi) is 6.06. The first-order chi connectivity index (χ1) is 10.6. The van der Waals surface area contributed by atoms with Crippen molar-refractivity contribution >= 4 is 22.9 Å². The molecule has 0 bridgehead atoms. The summed E-state index contributed by atoms with van der Waals surface area (Å²) in [6, 6.07) is 2.19. The van der Waals surface area contributed by atoms with Crippen molar-refractivity contribution in [3.63, 3.8) is 0 Å². The Bertz CT molecular complexity index is 542. The Morgan fingerprint density at radius 2 is 2.00 bits per heavy atom. The van der Waals surface area contributed by atoms with Crippen LogP contribution in [-0.4, -0.2) is 52.1 Å². The average molecular weight is 327 g/mol. The first-order valence-corrected chi connectivity index (χ1v) is 7.64. The summed E-state index contributed by atoms with van der Waals surface area (Å²) in [5.41, 5.74) is 3.96. The fourth-order valence-corrected chi connectivity index (χ4v) is 3.23. The molecule has 0 aliphatic carbocycles. The Morgan fingerprint density at radius 3 is 2.59 bits per heavy atom. The van der Waals surface area contributed by atoms with E-state index >= 15 is 0 Å². The summed E-state index contributed by atoms with van der Waals surface area (Å²) < 4.78 is 15.9. The first kappa shape index (κ1) is 17.1. The van der Waals surface area contributed by atoms with E-state index in [0.717, 1.165) is 35.5 Å². The smallest absolute Gasteiger partial charge is 0.139 e. The maximum absolute atomic E-state index is 6.41. The van der Waals surface area contributed by atoms with Gasteiger partial charge < -0.3 is 19.1 Å². The van der Waals surface area contributed by atoms with E-state index in [9.17, 15) is 0 Å². The minimum absolute atomic E-state index is 0.135. The molecule has 1 aromatic rings. The number of ether oxygens (including phenoxy) is 3. The van der Waals surface area contributed by atoms with E-state index in [1.807, 2.05) is 6.92 Å². The number of halogens is 1. The van der Waals surface area contributed by atoms with Crippen LogP contribution in [0.2, 0.25) is 5.15 Å². The molecule has 0 unspecified atom stereocenters. The summed E-state index contributed by atoms with van der Waals surface area (Å²) in [5, 5.41) is 0.511. The Morgan fingerprint density at radius 1 is 1.32 bits per heavy atom. The predicted octanol–water partition coefficient (Wildman–Crippen LogP) is 2.90. The van der Waals surface area contributed by atoms with E-state index in [-0.39, 0.29) is 6.04 Å². The summed E-state index contributed by atoms with van der Waals surface area (Å²) in [4.78, 5) is 6.67. The molecule has 1 aromatic heterocycles. The van der Waals surface area contributed by atoms with Crippen LogP contribution in [-0.2, 0) is 14.2 Å². The first-order valence-electron chi connectivity index (χ1n) is 7.26. The lowest BCUT2D eigenvalue weighted by atomic mass is 9.96. The molecule has 0 atom stereocenters. The van der Waals surface area contributed by atoms with Gasteiger partial charge in [-0.3, -0.25) is 0 Å². The lowest BCUT2D eigenvalue weighted by Crippen LogP contribution is -2.44. The van der Waals surface area contributed by atoms with Crippen molar-refractivity contribution in [1.29, 1.82) is 0 Å². The molecule has 1 aliphatic heterocycles. The highest BCUT2D eigenvalue weighted by Crippen LogP contribution is 2.39. The van der Waals surface area contributed by atoms with Crippen LogP contribution in [0.1, 0.15) is 17.7 Å². The van der Waals surface area contributed by atoms with Gasteiger partial charge in [-0.2, -0.15) is 0 Å². The predicted molar refractivity (Wildman–Crippen MR) is 88.5 cm³/mol. The molecule has 0 spiro atoms. The molecule has 0 radical (unpaired) electrons. The van der Waals surface area contributed by atoms with Gasteiger partial charge in [0.1, 0.15) is 5.15 Å². The third-order valence-electron chi connectivity index (χ3n) is 3.75. The van der Waals surface area contributed by atoms with Crippen LogP contribution in [0.4, 0.5) is 5.69 Å². The van der Waals surface area contributed by atoms with Gasteiger partial charge in [0, 0.05) is 43.3 Å². The molecule has 0 fully saturated rings. The highest BCUT2D eigenvalue weighted by atomic mass is 35.5. The van der Waals surface area contributed by atoms with Crippen molar-refractivity contribution < 1.29 is 14.2 Å². The van der Waals surface area contributed by atoms with Crippen molar-refractivity contribution in [3.8, 4) is 0 Å². The molecule has 122 valence electrons. The van der Waals surface area contributed by atoms with Crippen LogP contribution in [0.25, 0.3) is 5.57 Å². The second kappa shape index (κ2) is 7.81. The van der Waals surface area contributed by atoms with Crippen LogP contribution in [0.15, 0.2) is 12.3 Å². The zero-order valence-electron chi connectivity index (χ0n) is 13.6. The number of hydrogen-bond donors (Lipinski definition) is 0. The van der Waals surface area contributed by atoms with Crippen molar-refractivity contribution in [2.75, 3.05) is 46.0 Å². The molecular weight excluding hydrogens is 304 g/mol. The van der Waals surface area contributed by atoms with Crippen molar-refractivity contribution in [3.05, 3.63) is 28.7 Å². The zero-order chi connectivity index (χ0) is 16.1. The van der Waals surface area contributed by atoms with E-state index in [1.165, 1.54) is 0 Å². The Balaban J connectivity index is 2.48. The molecule has 0 amide bonds. The molecule has 0 N–H and O–H groups in total. The molecule has 6 heteroatoms. The van der Waals surface area contributed by atoms with Gasteiger partial charge in [-0.05, 0) is 19.4 Å². The van der Waals surface area contributed by atoms with Gasteiger partial charge >= 0.3 is 0 Å². The van der Waals surface area contributed by atoms with Gasteiger partial charge in [0.05, 0.1) is 32.6 Å². The average Bonchev–Trinajstić information content (AvgIpc) is 2.47. The van der Waals surface area contributed by atoms with E-state index in [2.05, 4.69) is 16.0 Å². The summed E-state index contributed by atoms with van der Waals surface area (Å²) in [6.07, 6.45) is 2.59. The number of methoxy groups -OCH3 is 3. The van der Waals surface area contributed by atoms with Crippen LogP contribution in [0, 0.1) is 6.92 Å². The fraction of sp³-hybridized carbons (Fsp3) is 0.562. The fourth-order valence-electron chi connectivity index (χ4n) is 2.88. The van der Waals surface area contributed by atoms with Gasteiger partial charge in [0.2, 0.25) is 0 Å². The zero-order valence-corrected chi connectivity index (χ0v) is 14.3. The molecule has 2 heterocycles. The normalized spacial score (nSPS) is 16.3. The highest BCUT2D eigenvalue weighted by molar-refractivity contribution is 6.31. The second-order valence-electron chi connectivity index (χ2n) is 5.34. The van der Waals surface area contributed by atoms with Gasteiger partial charge in [-0.25, -0.2) is 4.98 Å². The number of anilines is 1. The highest BCUT2D eigenvalue weighted by Gasteiger charge is 2.29. The second-order valence-corrected chi connectivity index (χ2v) is 5.69. The molecule has 0 saturated carbocycles. The van der Waals surface area contributed by atoms with Gasteiger partial charge in [0.25, 0.3) is 0 Å². The molecule has 0 aromatic carbocycles. The lowest BCUT2D eigenvalue weighted by molar-refractivity contribution is 0.115. The lowest BCUT2D eigenvalue weighted by Gasteiger charge is -2.38. The minimum Gasteiger partial charge on any atom is -0.504 e. The molecular formula is C16H23ClN2O3. The van der Waals surface area contributed by atoms with Crippen molar-refractivity contribution in [1.82, 2.24) is 4.98 Å². The molecule has 5 nitrogen and oxygen atoms in total. The minimum atomic E-state index is 0.135. The summed E-state index contributed by atoms with van der Waals surface area (Å²) in [7, 11) is 5.05. The quantitative estimate of drug-likeness (QED) is 0.594. The third-order valence-corrected chi connectivity index (χ3v) is 4.03. The molecule has 2 rings (SSSR count). The molecule has 1 aliphatic rings. The number of rotatable bonds is 6. The van der Waals surface area contributed by atoms with E-state index < -0.39 is 0 Å². The van der Waals surface area contributed by atoms with Crippen molar-refractivity contribution in [2.24, 2.45) is 0 Å². The van der Waals surface area contributed by atoms with Gasteiger partial charge in [-0.1, -0.05) is 11.6 Å². The monoisotopic (exact) mass is 326 g/mol. The van der Waals surface area contributed by atoms with E-state index in [0.29, 0.717) is 18.4 Å². The number of nitrogens with zero attached hydrogens (tertiary/aromatic N) is 2. The van der Waals surface area contributed by atoms with E-state index in [4.69, 9.17) is 25.8 Å². The van der Waals surface area contributed by atoms with Crippen LogP contribution >= 0.6 is 11.6 Å². The standard InChI is InChI=1S/C16H23ClN2O3/c1-11-7-14-15(16(17)18-11)12(8-20-2)5-6-19(14)13(9-21-3)10-22-4/h7-8,13H,5-6,9-10H2,1-4H3/b12-8+. The molecule has 0 saturated heterocycles. The Hall–Kier alpha value is -1.30. The topological polar surface area (TPSA) is 43.8 Å². The van der Waals surface area contributed by atoms with Gasteiger partial charge in [-0.15, -0.1) is 0 Å². The summed E-state index contributed by atoms with van der Waals surface area (Å²) >= 11 is 6.41. The van der Waals surface area contributed by atoms with Crippen LogP contribution in [0.3, 0.4) is 0 Å². The largest absolute Gasteiger partial charge is 0.504 e. The summed E-state index contributed by atoms with van der Waals surface area (Å²) in [6.45, 7) is 3.99.